The fourth-order valence-electron chi connectivity index (χ4n) is 0.747. The van der Waals surface area contributed by atoms with Gasteiger partial charge in [-0.25, -0.2) is 0 Å². The van der Waals surface area contributed by atoms with Crippen LogP contribution in [0.5, 0.6) is 0 Å². The van der Waals surface area contributed by atoms with Crippen molar-refractivity contribution in [3.05, 3.63) is 30.1 Å². The molecule has 0 aromatic carbocycles. The molecule has 0 saturated carbocycles. The van der Waals surface area contributed by atoms with Gasteiger partial charge < -0.3 is 4.90 Å². The van der Waals surface area contributed by atoms with Gasteiger partial charge in [0.1, 0.15) is 4.99 Å². The van der Waals surface area contributed by atoms with Crippen LogP contribution in [0.2, 0.25) is 0 Å². The molecule has 0 aliphatic carbocycles. The summed E-state index contributed by atoms with van der Waals surface area (Å²) < 4.78 is 0. The molecule has 0 radical (unpaired) electrons. The molecule has 58 valence electrons. The molecule has 1 aromatic rings. The maximum absolute atomic E-state index is 5.13. The summed E-state index contributed by atoms with van der Waals surface area (Å²) >= 11 is 5.13. The van der Waals surface area contributed by atoms with E-state index in [1.165, 1.54) is 0 Å². The first-order valence-corrected chi connectivity index (χ1v) is 3.74. The van der Waals surface area contributed by atoms with Crippen molar-refractivity contribution >= 4 is 17.2 Å². The Morgan fingerprint density at radius 2 is 2.27 bits per heavy atom. The van der Waals surface area contributed by atoms with E-state index >= 15 is 0 Å². The van der Waals surface area contributed by atoms with E-state index in [-0.39, 0.29) is 0 Å². The first-order valence-electron chi connectivity index (χ1n) is 3.33. The first kappa shape index (κ1) is 8.14. The van der Waals surface area contributed by atoms with E-state index in [1.807, 2.05) is 31.1 Å². The van der Waals surface area contributed by atoms with E-state index in [0.29, 0.717) is 0 Å². The number of hydrogen-bond donors (Lipinski definition) is 0. The summed E-state index contributed by atoms with van der Waals surface area (Å²) in [5.74, 6) is 0. The normalized spacial score (nSPS) is 9.27. The van der Waals surface area contributed by atoms with Gasteiger partial charge in [0, 0.05) is 32.1 Å². The van der Waals surface area contributed by atoms with E-state index in [0.717, 1.165) is 10.6 Å². The summed E-state index contributed by atoms with van der Waals surface area (Å²) in [6.45, 7) is 0. The number of pyridine rings is 1. The summed E-state index contributed by atoms with van der Waals surface area (Å²) in [6, 6.07) is 3.83. The molecule has 0 aliphatic heterocycles. The third-order valence-electron chi connectivity index (χ3n) is 1.31. The largest absolute Gasteiger partial charge is 0.368 e. The molecule has 1 aromatic heterocycles. The highest BCUT2D eigenvalue weighted by atomic mass is 32.1. The van der Waals surface area contributed by atoms with Crippen LogP contribution in [0.15, 0.2) is 24.5 Å². The third kappa shape index (κ3) is 1.98. The molecule has 0 saturated heterocycles. The van der Waals surface area contributed by atoms with E-state index in [2.05, 4.69) is 4.98 Å². The van der Waals surface area contributed by atoms with Crippen LogP contribution in [0, 0.1) is 0 Å². The third-order valence-corrected chi connectivity index (χ3v) is 1.92. The molecule has 0 N–H and O–H groups in total. The smallest absolute Gasteiger partial charge is 0.110 e. The van der Waals surface area contributed by atoms with Crippen molar-refractivity contribution in [3.63, 3.8) is 0 Å². The molecule has 0 spiro atoms. The minimum Gasteiger partial charge on any atom is -0.368 e. The summed E-state index contributed by atoms with van der Waals surface area (Å²) in [4.78, 5) is 6.69. The molecule has 0 bridgehead atoms. The van der Waals surface area contributed by atoms with Crippen LogP contribution < -0.4 is 0 Å². The Morgan fingerprint density at radius 3 is 2.73 bits per heavy atom. The van der Waals surface area contributed by atoms with Gasteiger partial charge in [0.25, 0.3) is 0 Å². The summed E-state index contributed by atoms with van der Waals surface area (Å²) in [5.41, 5.74) is 0.993. The van der Waals surface area contributed by atoms with E-state index in [1.54, 1.807) is 12.4 Å². The van der Waals surface area contributed by atoms with Gasteiger partial charge >= 0.3 is 0 Å². The van der Waals surface area contributed by atoms with Crippen LogP contribution in [-0.2, 0) is 0 Å². The zero-order valence-electron chi connectivity index (χ0n) is 6.61. The molecule has 1 rings (SSSR count). The van der Waals surface area contributed by atoms with E-state index in [4.69, 9.17) is 12.2 Å². The average Bonchev–Trinajstić information content (AvgIpc) is 2.05. The molecular formula is C8H10N2S. The Labute approximate surface area is 71.9 Å². The lowest BCUT2D eigenvalue weighted by Crippen LogP contribution is -2.20. The quantitative estimate of drug-likeness (QED) is 0.585. The van der Waals surface area contributed by atoms with Crippen molar-refractivity contribution in [1.82, 2.24) is 9.88 Å². The van der Waals surface area contributed by atoms with Crippen molar-refractivity contribution in [2.24, 2.45) is 0 Å². The highest BCUT2D eigenvalue weighted by Gasteiger charge is 2.00. The van der Waals surface area contributed by atoms with Crippen LogP contribution in [0.1, 0.15) is 5.56 Å². The monoisotopic (exact) mass is 166 g/mol. The van der Waals surface area contributed by atoms with Crippen LogP contribution in [0.3, 0.4) is 0 Å². The van der Waals surface area contributed by atoms with Crippen molar-refractivity contribution in [2.45, 2.75) is 0 Å². The predicted octanol–water partition coefficient (Wildman–Crippen LogP) is 1.32. The van der Waals surface area contributed by atoms with Gasteiger partial charge in [-0.2, -0.15) is 0 Å². The Morgan fingerprint density at radius 1 is 1.55 bits per heavy atom. The molecule has 3 heteroatoms. The lowest BCUT2D eigenvalue weighted by Gasteiger charge is -2.12. The maximum Gasteiger partial charge on any atom is 0.110 e. The van der Waals surface area contributed by atoms with Crippen molar-refractivity contribution < 1.29 is 0 Å². The highest BCUT2D eigenvalue weighted by Crippen LogP contribution is 2.00. The Bertz CT molecular complexity index is 244. The lowest BCUT2D eigenvalue weighted by atomic mass is 10.3. The fourth-order valence-corrected chi connectivity index (χ4v) is 0.868. The van der Waals surface area contributed by atoms with Crippen molar-refractivity contribution in [2.75, 3.05) is 14.1 Å². The molecule has 0 aliphatic rings. The lowest BCUT2D eigenvalue weighted by molar-refractivity contribution is 0.636. The van der Waals surface area contributed by atoms with Crippen molar-refractivity contribution in [1.29, 1.82) is 0 Å². The second-order valence-corrected chi connectivity index (χ2v) is 2.83. The SMILES string of the molecule is CN(C)C(=S)c1cccnc1. The summed E-state index contributed by atoms with van der Waals surface area (Å²) in [7, 11) is 3.85. The van der Waals surface area contributed by atoms with Gasteiger partial charge in [-0.05, 0) is 12.1 Å². The van der Waals surface area contributed by atoms with Gasteiger partial charge in [-0.3, -0.25) is 4.98 Å². The number of thiocarbonyl (C=S) groups is 1. The standard InChI is InChI=1S/C8H10N2S/c1-10(2)8(11)7-4-3-5-9-6-7/h3-6H,1-2H3. The van der Waals surface area contributed by atoms with Gasteiger partial charge in [0.15, 0.2) is 0 Å². The second-order valence-electron chi connectivity index (χ2n) is 2.44. The van der Waals surface area contributed by atoms with Gasteiger partial charge in [-0.1, -0.05) is 12.2 Å². The Hall–Kier alpha value is -0.960. The highest BCUT2D eigenvalue weighted by molar-refractivity contribution is 7.80. The van der Waals surface area contributed by atoms with Gasteiger partial charge in [-0.15, -0.1) is 0 Å². The molecule has 2 nitrogen and oxygen atoms in total. The molecule has 0 fully saturated rings. The summed E-state index contributed by atoms with van der Waals surface area (Å²) in [5, 5.41) is 0. The van der Waals surface area contributed by atoms with Crippen LogP contribution in [0.4, 0.5) is 0 Å². The van der Waals surface area contributed by atoms with Crippen molar-refractivity contribution in [3.8, 4) is 0 Å². The topological polar surface area (TPSA) is 16.1 Å². The van der Waals surface area contributed by atoms with Crippen LogP contribution >= 0.6 is 12.2 Å². The number of hydrogen-bond acceptors (Lipinski definition) is 2. The van der Waals surface area contributed by atoms with Crippen LogP contribution in [0.25, 0.3) is 0 Å². The van der Waals surface area contributed by atoms with Gasteiger partial charge in [0.05, 0.1) is 0 Å². The summed E-state index contributed by atoms with van der Waals surface area (Å²) in [6.07, 6.45) is 3.50. The van der Waals surface area contributed by atoms with E-state index < -0.39 is 0 Å². The molecular weight excluding hydrogens is 156 g/mol. The van der Waals surface area contributed by atoms with Gasteiger partial charge in [0.2, 0.25) is 0 Å². The number of aromatic nitrogens is 1. The minimum absolute atomic E-state index is 0.818. The number of nitrogens with zero attached hydrogens (tertiary/aromatic N) is 2. The van der Waals surface area contributed by atoms with E-state index in [9.17, 15) is 0 Å². The maximum atomic E-state index is 5.13. The zero-order chi connectivity index (χ0) is 8.27. The average molecular weight is 166 g/mol. The Balaban J connectivity index is 2.86. The fraction of sp³-hybridized carbons (Fsp3) is 0.250. The second kappa shape index (κ2) is 3.44. The molecule has 11 heavy (non-hydrogen) atoms. The molecule has 0 unspecified atom stereocenters. The zero-order valence-corrected chi connectivity index (χ0v) is 7.43. The predicted molar refractivity (Wildman–Crippen MR) is 49.6 cm³/mol. The first-order chi connectivity index (χ1) is 5.22. The molecule has 0 amide bonds. The molecule has 1 heterocycles. The number of rotatable bonds is 1. The van der Waals surface area contributed by atoms with Crippen LogP contribution in [-0.4, -0.2) is 29.0 Å². The molecule has 0 atom stereocenters. The Kier molecular flexibility index (Phi) is 2.54. The minimum atomic E-state index is 0.818.